The zero-order valence-corrected chi connectivity index (χ0v) is 17.1. The van der Waals surface area contributed by atoms with Crippen molar-refractivity contribution in [2.75, 3.05) is 13.1 Å². The number of hydrogen-bond donors (Lipinski definition) is 3. The number of fused-ring (bicyclic) bond motifs is 1. The summed E-state index contributed by atoms with van der Waals surface area (Å²) in [6.45, 7) is 6.24. The SMILES string of the molecule is CCCC[NH+](CC(=O)N[C@H]1CCCC[C@@H]1C)Cc1nc2ccccc2c(=O)[nH]1. The number of quaternary nitrogens is 1. The fourth-order valence-electron chi connectivity index (χ4n) is 4.14. The molecule has 0 aliphatic heterocycles. The Hall–Kier alpha value is -2.21. The van der Waals surface area contributed by atoms with Crippen LogP contribution >= 0.6 is 0 Å². The molecular weight excluding hydrogens is 352 g/mol. The van der Waals surface area contributed by atoms with Gasteiger partial charge < -0.3 is 15.2 Å². The number of H-pyrrole nitrogens is 1. The first-order valence-electron chi connectivity index (χ1n) is 10.7. The van der Waals surface area contributed by atoms with Crippen molar-refractivity contribution in [2.45, 2.75) is 65.0 Å². The molecule has 1 unspecified atom stereocenters. The van der Waals surface area contributed by atoms with Crippen LogP contribution in [0.4, 0.5) is 0 Å². The van der Waals surface area contributed by atoms with Crippen molar-refractivity contribution in [3.63, 3.8) is 0 Å². The van der Waals surface area contributed by atoms with Crippen LogP contribution in [0.2, 0.25) is 0 Å². The summed E-state index contributed by atoms with van der Waals surface area (Å²) < 4.78 is 0. The molecular formula is C22H33N4O2+. The van der Waals surface area contributed by atoms with Crippen molar-refractivity contribution in [1.82, 2.24) is 15.3 Å². The van der Waals surface area contributed by atoms with E-state index in [1.165, 1.54) is 19.3 Å². The fourth-order valence-corrected chi connectivity index (χ4v) is 4.14. The van der Waals surface area contributed by atoms with Crippen LogP contribution in [0.1, 0.15) is 58.2 Å². The lowest BCUT2D eigenvalue weighted by Crippen LogP contribution is -3.12. The molecule has 152 valence electrons. The largest absolute Gasteiger partial charge is 0.348 e. The minimum absolute atomic E-state index is 0.105. The Morgan fingerprint density at radius 2 is 2.07 bits per heavy atom. The van der Waals surface area contributed by atoms with Crippen LogP contribution in [-0.2, 0) is 11.3 Å². The summed E-state index contributed by atoms with van der Waals surface area (Å²) in [6, 6.07) is 7.67. The molecule has 3 atom stereocenters. The summed E-state index contributed by atoms with van der Waals surface area (Å²) >= 11 is 0. The van der Waals surface area contributed by atoms with Crippen molar-refractivity contribution in [1.29, 1.82) is 0 Å². The number of unbranched alkanes of at least 4 members (excludes halogenated alkanes) is 1. The lowest BCUT2D eigenvalue weighted by molar-refractivity contribution is -0.906. The average molecular weight is 386 g/mol. The minimum Gasteiger partial charge on any atom is -0.348 e. The molecule has 1 aliphatic carbocycles. The molecule has 1 aliphatic rings. The van der Waals surface area contributed by atoms with Gasteiger partial charge in [0.05, 0.1) is 17.4 Å². The molecule has 3 N–H and O–H groups in total. The van der Waals surface area contributed by atoms with Crippen molar-refractivity contribution in [3.8, 4) is 0 Å². The van der Waals surface area contributed by atoms with E-state index in [1.54, 1.807) is 6.07 Å². The van der Waals surface area contributed by atoms with E-state index in [0.29, 0.717) is 41.8 Å². The third-order valence-electron chi connectivity index (χ3n) is 5.83. The van der Waals surface area contributed by atoms with E-state index >= 15 is 0 Å². The van der Waals surface area contributed by atoms with Gasteiger partial charge in [-0.15, -0.1) is 0 Å². The Bertz CT molecular complexity index is 848. The van der Waals surface area contributed by atoms with Gasteiger partial charge in [0.2, 0.25) is 0 Å². The minimum atomic E-state index is -0.115. The summed E-state index contributed by atoms with van der Waals surface area (Å²) in [4.78, 5) is 33.7. The Morgan fingerprint density at radius 3 is 2.86 bits per heavy atom. The molecule has 28 heavy (non-hydrogen) atoms. The molecule has 1 fully saturated rings. The maximum Gasteiger partial charge on any atom is 0.275 e. The zero-order chi connectivity index (χ0) is 19.9. The number of carbonyl (C=O) groups is 1. The molecule has 1 aromatic heterocycles. The molecule has 0 spiro atoms. The van der Waals surface area contributed by atoms with Gasteiger partial charge in [-0.05, 0) is 37.3 Å². The van der Waals surface area contributed by atoms with Gasteiger partial charge in [0.15, 0.2) is 12.4 Å². The van der Waals surface area contributed by atoms with Crippen LogP contribution in [-0.4, -0.2) is 35.0 Å². The van der Waals surface area contributed by atoms with Crippen LogP contribution in [0.15, 0.2) is 29.1 Å². The fraction of sp³-hybridized carbons (Fsp3) is 0.591. The molecule has 0 radical (unpaired) electrons. The molecule has 1 aromatic carbocycles. The summed E-state index contributed by atoms with van der Waals surface area (Å²) in [5.74, 6) is 1.30. The average Bonchev–Trinajstić information content (AvgIpc) is 2.68. The molecule has 6 nitrogen and oxygen atoms in total. The van der Waals surface area contributed by atoms with Crippen molar-refractivity contribution < 1.29 is 9.69 Å². The van der Waals surface area contributed by atoms with Gasteiger partial charge in [0.1, 0.15) is 6.54 Å². The second kappa shape index (κ2) is 9.82. The Balaban J connectivity index is 1.68. The highest BCUT2D eigenvalue weighted by Gasteiger charge is 2.24. The topological polar surface area (TPSA) is 79.3 Å². The predicted octanol–water partition coefficient (Wildman–Crippen LogP) is 1.80. The number of benzene rings is 1. The van der Waals surface area contributed by atoms with Gasteiger partial charge >= 0.3 is 0 Å². The number of para-hydroxylation sites is 1. The predicted molar refractivity (Wildman–Crippen MR) is 111 cm³/mol. The van der Waals surface area contributed by atoms with Gasteiger partial charge in [-0.2, -0.15) is 0 Å². The van der Waals surface area contributed by atoms with Crippen LogP contribution in [0.5, 0.6) is 0 Å². The Labute approximate surface area is 166 Å². The number of nitrogens with one attached hydrogen (secondary N) is 3. The van der Waals surface area contributed by atoms with E-state index in [4.69, 9.17) is 0 Å². The summed E-state index contributed by atoms with van der Waals surface area (Å²) in [5.41, 5.74) is 0.590. The van der Waals surface area contributed by atoms with Gasteiger partial charge in [-0.25, -0.2) is 4.98 Å². The Kier molecular flexibility index (Phi) is 7.20. The van der Waals surface area contributed by atoms with E-state index in [-0.39, 0.29) is 11.5 Å². The molecule has 6 heteroatoms. The standard InChI is InChI=1S/C22H32N4O2/c1-3-4-13-26(15-21(27)24-18-11-7-5-9-16(18)2)14-20-23-19-12-8-6-10-17(19)22(28)25-20/h6,8,10,12,16,18H,3-5,7,9,11,13-15H2,1-2H3,(H,24,27)(H,23,25,28)/p+1/t16-,18-/m0/s1. The molecule has 1 amide bonds. The molecule has 0 bridgehead atoms. The lowest BCUT2D eigenvalue weighted by Gasteiger charge is -2.30. The first kappa shape index (κ1) is 20.5. The van der Waals surface area contributed by atoms with Crippen LogP contribution < -0.4 is 15.8 Å². The maximum atomic E-state index is 12.7. The highest BCUT2D eigenvalue weighted by Crippen LogP contribution is 2.23. The summed E-state index contributed by atoms with van der Waals surface area (Å²) in [7, 11) is 0. The van der Waals surface area contributed by atoms with Crippen molar-refractivity contribution in [3.05, 3.63) is 40.4 Å². The molecule has 1 saturated carbocycles. The van der Waals surface area contributed by atoms with E-state index < -0.39 is 0 Å². The highest BCUT2D eigenvalue weighted by atomic mass is 16.2. The van der Waals surface area contributed by atoms with Crippen molar-refractivity contribution in [2.24, 2.45) is 5.92 Å². The molecule has 3 rings (SSSR count). The first-order valence-corrected chi connectivity index (χ1v) is 10.7. The third-order valence-corrected chi connectivity index (χ3v) is 5.83. The third kappa shape index (κ3) is 5.41. The van der Waals surface area contributed by atoms with E-state index in [2.05, 4.69) is 29.1 Å². The summed E-state index contributed by atoms with van der Waals surface area (Å²) in [5, 5.41) is 3.85. The monoisotopic (exact) mass is 385 g/mol. The smallest absolute Gasteiger partial charge is 0.275 e. The quantitative estimate of drug-likeness (QED) is 0.648. The van der Waals surface area contributed by atoms with Gasteiger partial charge in [0.25, 0.3) is 11.5 Å². The number of amides is 1. The number of rotatable bonds is 8. The molecule has 1 heterocycles. The molecule has 0 saturated heterocycles. The van der Waals surface area contributed by atoms with Gasteiger partial charge in [0, 0.05) is 6.04 Å². The number of nitrogens with zero attached hydrogens (tertiary/aromatic N) is 1. The number of carbonyl (C=O) groups excluding carboxylic acids is 1. The van der Waals surface area contributed by atoms with Crippen LogP contribution in [0, 0.1) is 5.92 Å². The molecule has 2 aromatic rings. The second-order valence-corrected chi connectivity index (χ2v) is 8.17. The van der Waals surface area contributed by atoms with Crippen LogP contribution in [0.25, 0.3) is 10.9 Å². The number of aromatic nitrogens is 2. The lowest BCUT2D eigenvalue weighted by atomic mass is 9.86. The van der Waals surface area contributed by atoms with Crippen molar-refractivity contribution >= 4 is 16.8 Å². The Morgan fingerprint density at radius 1 is 1.29 bits per heavy atom. The van der Waals surface area contributed by atoms with Crippen LogP contribution in [0.3, 0.4) is 0 Å². The summed E-state index contributed by atoms with van der Waals surface area (Å²) in [6.07, 6.45) is 6.86. The number of aromatic amines is 1. The number of hydrogen-bond acceptors (Lipinski definition) is 3. The van der Waals surface area contributed by atoms with Gasteiger partial charge in [-0.1, -0.05) is 45.2 Å². The van der Waals surface area contributed by atoms with E-state index in [0.717, 1.165) is 30.7 Å². The van der Waals surface area contributed by atoms with E-state index in [9.17, 15) is 9.59 Å². The normalized spacial score (nSPS) is 20.8. The van der Waals surface area contributed by atoms with Gasteiger partial charge in [-0.3, -0.25) is 9.59 Å². The highest BCUT2D eigenvalue weighted by molar-refractivity contribution is 5.77. The van der Waals surface area contributed by atoms with E-state index in [1.807, 2.05) is 18.2 Å². The second-order valence-electron chi connectivity index (χ2n) is 8.17. The first-order chi connectivity index (χ1) is 13.6. The maximum absolute atomic E-state index is 12.7. The zero-order valence-electron chi connectivity index (χ0n) is 17.1.